The minimum Gasteiger partial charge on any atom is -0.493 e. The molecule has 1 aromatic carbocycles. The molecule has 1 spiro atoms. The average molecular weight is 305 g/mol. The molecule has 0 N–H and O–H groups in total. The summed E-state index contributed by atoms with van der Waals surface area (Å²) in [4.78, 5) is 14.4. The van der Waals surface area contributed by atoms with Gasteiger partial charge in [-0.3, -0.25) is 4.79 Å². The van der Waals surface area contributed by atoms with Crippen molar-refractivity contribution in [1.29, 1.82) is 0 Å². The van der Waals surface area contributed by atoms with Gasteiger partial charge in [0.05, 0.1) is 11.2 Å². The fraction of sp³-hybridized carbons (Fsp3) is 0.611. The SMILES string of the molecule is [2H]C([2H])([2H])Oc1ccc2c3c1O[C@H]1C(=O)CC[C@H]4[C@@H](C2)N(C([2H])([2H])[2H])CC[C@]314. The number of hydrogen-bond acceptors (Lipinski definition) is 4. The first-order valence-corrected chi connectivity index (χ1v) is 7.84. The summed E-state index contributed by atoms with van der Waals surface area (Å²) in [6, 6.07) is 3.18. The predicted molar refractivity (Wildman–Crippen MR) is 81.6 cm³/mol. The Morgan fingerprint density at radius 3 is 3.32 bits per heavy atom. The summed E-state index contributed by atoms with van der Waals surface area (Å²) >= 11 is 0. The number of piperidine rings is 1. The van der Waals surface area contributed by atoms with Crippen molar-refractivity contribution in [2.24, 2.45) is 5.92 Å². The zero-order valence-electron chi connectivity index (χ0n) is 18.1. The fourth-order valence-corrected chi connectivity index (χ4v) is 5.40. The van der Waals surface area contributed by atoms with Gasteiger partial charge in [0.2, 0.25) is 0 Å². The molecule has 5 rings (SSSR count). The van der Waals surface area contributed by atoms with E-state index in [-0.39, 0.29) is 23.5 Å². The molecule has 0 unspecified atom stereocenters. The van der Waals surface area contributed by atoms with Crippen LogP contribution in [0.15, 0.2) is 12.1 Å². The van der Waals surface area contributed by atoms with Gasteiger partial charge >= 0.3 is 0 Å². The van der Waals surface area contributed by atoms with Crippen LogP contribution in [0.5, 0.6) is 11.5 Å². The van der Waals surface area contributed by atoms with Crippen molar-refractivity contribution in [3.05, 3.63) is 23.3 Å². The van der Waals surface area contributed by atoms with Crippen molar-refractivity contribution in [3.8, 4) is 11.5 Å². The number of likely N-dealkylation sites (tertiary alicyclic amines) is 1. The van der Waals surface area contributed by atoms with E-state index in [4.69, 9.17) is 17.7 Å². The first kappa shape index (κ1) is 8.34. The van der Waals surface area contributed by atoms with E-state index in [0.717, 1.165) is 11.1 Å². The summed E-state index contributed by atoms with van der Waals surface area (Å²) in [7, 11) is -2.62. The van der Waals surface area contributed by atoms with E-state index in [2.05, 4.69) is 0 Å². The highest BCUT2D eigenvalue weighted by molar-refractivity contribution is 5.89. The third-order valence-corrected chi connectivity index (χ3v) is 6.20. The van der Waals surface area contributed by atoms with Gasteiger partial charge < -0.3 is 14.4 Å². The molecule has 1 saturated carbocycles. The number of ketones is 1. The molecule has 2 aliphatic heterocycles. The van der Waals surface area contributed by atoms with Crippen molar-refractivity contribution >= 4 is 5.78 Å². The molecule has 0 amide bonds. The van der Waals surface area contributed by atoms with E-state index in [1.54, 1.807) is 17.0 Å². The van der Waals surface area contributed by atoms with Crippen LogP contribution in [0.4, 0.5) is 0 Å². The fourth-order valence-electron chi connectivity index (χ4n) is 5.40. The lowest BCUT2D eigenvalue weighted by Crippen LogP contribution is -2.65. The van der Waals surface area contributed by atoms with Gasteiger partial charge in [0, 0.05) is 27.6 Å². The summed E-state index contributed by atoms with van der Waals surface area (Å²) in [5.74, 6) is 0.479. The van der Waals surface area contributed by atoms with Gasteiger partial charge in [-0.25, -0.2) is 0 Å². The normalized spacial score (nSPS) is 43.6. The minimum atomic E-state index is -2.62. The van der Waals surface area contributed by atoms with Crippen molar-refractivity contribution in [1.82, 2.24) is 4.90 Å². The standard InChI is InChI=1S/C18H21NO3/c1-19-8-7-18-11-4-5-13(20)17(18)22-16-14(21-2)6-3-10(15(16)18)9-12(11)19/h3,6,11-12,17H,4-5,7-9H2,1-2H3/t11-,12+,17-,18-/m0/s1/i1D3,2D3. The Balaban J connectivity index is 1.69. The van der Waals surface area contributed by atoms with Crippen LogP contribution in [0.2, 0.25) is 0 Å². The zero-order valence-corrected chi connectivity index (χ0v) is 12.1. The second kappa shape index (κ2) is 4.05. The van der Waals surface area contributed by atoms with Crippen LogP contribution in [0.25, 0.3) is 0 Å². The van der Waals surface area contributed by atoms with Gasteiger partial charge in [0.1, 0.15) is 0 Å². The van der Waals surface area contributed by atoms with Crippen molar-refractivity contribution < 1.29 is 22.5 Å². The number of ether oxygens (including phenoxy) is 2. The Bertz CT molecular complexity index is 866. The molecule has 1 saturated heterocycles. The van der Waals surface area contributed by atoms with E-state index in [1.165, 1.54) is 0 Å². The lowest BCUT2D eigenvalue weighted by atomic mass is 9.52. The molecule has 2 aliphatic carbocycles. The lowest BCUT2D eigenvalue weighted by molar-refractivity contribution is -0.138. The third-order valence-electron chi connectivity index (χ3n) is 6.20. The maximum atomic E-state index is 12.8. The molecule has 4 nitrogen and oxygen atoms in total. The van der Waals surface area contributed by atoms with E-state index < -0.39 is 25.5 Å². The number of Topliss-reactive ketones (excluding diaryl/α,β-unsaturated/α-hetero) is 1. The van der Waals surface area contributed by atoms with Gasteiger partial charge in [-0.05, 0) is 50.3 Å². The second-order valence-electron chi connectivity index (χ2n) is 6.89. The Kier molecular flexibility index (Phi) is 1.53. The van der Waals surface area contributed by atoms with Crippen LogP contribution in [-0.2, 0) is 16.6 Å². The highest BCUT2D eigenvalue weighted by Crippen LogP contribution is 2.62. The topological polar surface area (TPSA) is 38.8 Å². The monoisotopic (exact) mass is 305 g/mol. The molecule has 4 atom stereocenters. The quantitative estimate of drug-likeness (QED) is 0.795. The number of methoxy groups -OCH3 is 1. The third kappa shape index (κ3) is 1.27. The summed E-state index contributed by atoms with van der Waals surface area (Å²) in [5, 5.41) is 0. The molecule has 4 aliphatic rings. The molecule has 0 radical (unpaired) electrons. The first-order chi connectivity index (χ1) is 13.0. The van der Waals surface area contributed by atoms with Gasteiger partial charge in [0.25, 0.3) is 0 Å². The zero-order chi connectivity index (χ0) is 20.1. The molecule has 2 bridgehead atoms. The molecule has 4 heteroatoms. The van der Waals surface area contributed by atoms with Crippen molar-refractivity contribution in [2.75, 3.05) is 20.6 Å². The molecule has 1 aromatic rings. The van der Waals surface area contributed by atoms with Crippen LogP contribution in [-0.4, -0.2) is 43.4 Å². The molecular formula is C18H21NO3. The number of rotatable bonds is 1. The summed E-state index contributed by atoms with van der Waals surface area (Å²) in [5.41, 5.74) is 1.22. The van der Waals surface area contributed by atoms with Crippen LogP contribution in [0.1, 0.15) is 38.6 Å². The molecular weight excluding hydrogens is 278 g/mol. The van der Waals surface area contributed by atoms with Crippen LogP contribution < -0.4 is 9.47 Å². The maximum Gasteiger partial charge on any atom is 0.174 e. The van der Waals surface area contributed by atoms with Gasteiger partial charge in [-0.15, -0.1) is 0 Å². The van der Waals surface area contributed by atoms with Gasteiger partial charge in [-0.2, -0.15) is 0 Å². The molecule has 2 fully saturated rings. The number of likely N-dealkylation sites (N-methyl/N-ethyl adjacent to an activating group) is 1. The second-order valence-corrected chi connectivity index (χ2v) is 6.89. The van der Waals surface area contributed by atoms with E-state index in [9.17, 15) is 4.79 Å². The van der Waals surface area contributed by atoms with Crippen molar-refractivity contribution in [2.45, 2.75) is 43.2 Å². The highest BCUT2D eigenvalue weighted by Gasteiger charge is 2.65. The van der Waals surface area contributed by atoms with E-state index in [1.807, 2.05) is 0 Å². The first-order valence-electron chi connectivity index (χ1n) is 10.8. The van der Waals surface area contributed by atoms with Crippen LogP contribution in [0.3, 0.4) is 0 Å². The molecule has 116 valence electrons. The number of benzene rings is 1. The van der Waals surface area contributed by atoms with Crippen LogP contribution in [0, 0.1) is 5.92 Å². The Morgan fingerprint density at radius 1 is 1.50 bits per heavy atom. The van der Waals surface area contributed by atoms with E-state index in [0.29, 0.717) is 38.0 Å². The number of carbonyl (C=O) groups excluding carboxylic acids is 1. The van der Waals surface area contributed by atoms with Gasteiger partial charge in [0.15, 0.2) is 23.4 Å². The highest BCUT2D eigenvalue weighted by atomic mass is 16.5. The number of carbonyl (C=O) groups is 1. The van der Waals surface area contributed by atoms with Crippen molar-refractivity contribution in [3.63, 3.8) is 0 Å². The van der Waals surface area contributed by atoms with Gasteiger partial charge in [-0.1, -0.05) is 6.07 Å². The maximum absolute atomic E-state index is 12.8. The Labute approximate surface area is 138 Å². The average Bonchev–Trinajstić information content (AvgIpc) is 2.90. The molecule has 2 heterocycles. The number of nitrogens with zero attached hydrogens (tertiary/aromatic N) is 1. The molecule has 22 heavy (non-hydrogen) atoms. The van der Waals surface area contributed by atoms with E-state index >= 15 is 0 Å². The summed E-state index contributed by atoms with van der Waals surface area (Å²) < 4.78 is 57.4. The number of hydrogen-bond donors (Lipinski definition) is 0. The largest absolute Gasteiger partial charge is 0.493 e. The Hall–Kier alpha value is -1.55. The predicted octanol–water partition coefficient (Wildman–Crippen LogP) is 1.93. The smallest absolute Gasteiger partial charge is 0.174 e. The van der Waals surface area contributed by atoms with Crippen LogP contribution >= 0.6 is 0 Å². The Morgan fingerprint density at radius 2 is 2.45 bits per heavy atom. The minimum absolute atomic E-state index is 0.00113. The summed E-state index contributed by atoms with van der Waals surface area (Å²) in [6.45, 7) is -1.83. The summed E-state index contributed by atoms with van der Waals surface area (Å²) in [6.07, 6.45) is 1.33. The lowest BCUT2D eigenvalue weighted by Gasteiger charge is -2.57. The molecule has 0 aromatic heterocycles.